The first-order chi connectivity index (χ1) is 14.9. The molecule has 4 aliphatic carbocycles. The number of hydrogen-bond donors (Lipinski definition) is 2. The molecule has 2 aromatic rings. The zero-order valence-corrected chi connectivity index (χ0v) is 19.8. The van der Waals surface area contributed by atoms with Crippen LogP contribution in [-0.4, -0.2) is 27.8 Å². The van der Waals surface area contributed by atoms with Crippen LogP contribution in [0.2, 0.25) is 10.0 Å². The van der Waals surface area contributed by atoms with Crippen LogP contribution in [0.4, 0.5) is 10.8 Å². The maximum absolute atomic E-state index is 13.1. The minimum absolute atomic E-state index is 0.108. The van der Waals surface area contributed by atoms with Crippen molar-refractivity contribution in [1.82, 2.24) is 10.2 Å². The number of benzene rings is 1. The number of carbonyl (C=O) groups excluding carboxylic acids is 2. The lowest BCUT2D eigenvalue weighted by molar-refractivity contribution is -0.140. The molecule has 4 saturated carbocycles. The second kappa shape index (κ2) is 8.54. The van der Waals surface area contributed by atoms with E-state index in [1.807, 2.05) is 0 Å². The van der Waals surface area contributed by atoms with Gasteiger partial charge in [0.2, 0.25) is 16.9 Å². The fourth-order valence-corrected chi connectivity index (χ4v) is 7.68. The molecule has 1 aromatic carbocycles. The maximum Gasteiger partial charge on any atom is 0.234 e. The summed E-state index contributed by atoms with van der Waals surface area (Å²) in [5.41, 5.74) is 0.369. The van der Waals surface area contributed by atoms with Gasteiger partial charge in [0.05, 0.1) is 21.2 Å². The second-order valence-electron chi connectivity index (χ2n) is 8.99. The number of nitrogens with zero attached hydrogens (tertiary/aromatic N) is 2. The Bertz CT molecular complexity index is 993. The number of nitrogens with one attached hydrogen (secondary N) is 2. The molecule has 0 atom stereocenters. The van der Waals surface area contributed by atoms with Gasteiger partial charge in [0.25, 0.3) is 0 Å². The number of aromatic nitrogens is 2. The molecule has 4 aliphatic rings. The highest BCUT2D eigenvalue weighted by atomic mass is 35.5. The average molecular weight is 497 g/mol. The average Bonchev–Trinajstić information content (AvgIpc) is 3.15. The molecular weight excluding hydrogens is 475 g/mol. The molecule has 0 saturated heterocycles. The van der Waals surface area contributed by atoms with Crippen LogP contribution in [0, 0.1) is 23.2 Å². The quantitative estimate of drug-likeness (QED) is 0.393. The summed E-state index contributed by atoms with van der Waals surface area (Å²) in [6.07, 6.45) is 6.95. The van der Waals surface area contributed by atoms with E-state index >= 15 is 0 Å². The molecule has 1 heterocycles. The van der Waals surface area contributed by atoms with Crippen LogP contribution in [0.15, 0.2) is 22.5 Å². The van der Waals surface area contributed by atoms with Crippen molar-refractivity contribution in [2.75, 3.05) is 16.4 Å². The van der Waals surface area contributed by atoms with Crippen molar-refractivity contribution >= 4 is 68.9 Å². The molecule has 0 aliphatic heterocycles. The van der Waals surface area contributed by atoms with E-state index in [0.717, 1.165) is 19.3 Å². The van der Waals surface area contributed by atoms with E-state index in [9.17, 15) is 9.59 Å². The van der Waals surface area contributed by atoms with Gasteiger partial charge in [0.1, 0.15) is 0 Å². The Morgan fingerprint density at radius 2 is 1.71 bits per heavy atom. The van der Waals surface area contributed by atoms with Crippen molar-refractivity contribution in [3.63, 3.8) is 0 Å². The first kappa shape index (κ1) is 21.5. The van der Waals surface area contributed by atoms with E-state index in [4.69, 9.17) is 23.2 Å². The first-order valence-electron chi connectivity index (χ1n) is 10.4. The summed E-state index contributed by atoms with van der Waals surface area (Å²) in [5.74, 6) is 2.25. The third-order valence-electron chi connectivity index (χ3n) is 6.68. The lowest BCUT2D eigenvalue weighted by Gasteiger charge is -2.55. The lowest BCUT2D eigenvalue weighted by atomic mass is 9.49. The van der Waals surface area contributed by atoms with Crippen molar-refractivity contribution in [1.29, 1.82) is 0 Å². The van der Waals surface area contributed by atoms with Crippen LogP contribution < -0.4 is 10.6 Å². The SMILES string of the molecule is O=C(CSc1nnc(NC(=O)C23CC4CC(CC(C4)C2)C3)s1)Nc1ccc(Cl)c(Cl)c1. The maximum atomic E-state index is 13.1. The van der Waals surface area contributed by atoms with Gasteiger partial charge in [-0.15, -0.1) is 10.2 Å². The van der Waals surface area contributed by atoms with Crippen molar-refractivity contribution in [2.45, 2.75) is 42.9 Å². The van der Waals surface area contributed by atoms with Crippen molar-refractivity contribution in [2.24, 2.45) is 23.2 Å². The minimum Gasteiger partial charge on any atom is -0.325 e. The molecule has 31 heavy (non-hydrogen) atoms. The molecule has 2 N–H and O–H groups in total. The van der Waals surface area contributed by atoms with Gasteiger partial charge in [0, 0.05) is 5.69 Å². The molecular formula is C21H22Cl2N4O2S2. The molecule has 0 unspecified atom stereocenters. The predicted molar refractivity (Wildman–Crippen MR) is 125 cm³/mol. The standard InChI is InChI=1S/C21H22Cl2N4O2S2/c22-15-2-1-14(6-16(15)23)24-17(28)10-30-20-27-26-19(31-20)25-18(29)21-7-11-3-12(8-21)5-13(4-11)9-21/h1-2,6,11-13H,3-5,7-10H2,(H,24,28)(H,25,26,29). The van der Waals surface area contributed by atoms with E-state index < -0.39 is 0 Å². The van der Waals surface area contributed by atoms with Crippen LogP contribution in [0.3, 0.4) is 0 Å². The molecule has 0 radical (unpaired) electrons. The van der Waals surface area contributed by atoms with Crippen LogP contribution in [-0.2, 0) is 9.59 Å². The van der Waals surface area contributed by atoms with Crippen molar-refractivity contribution in [3.8, 4) is 0 Å². The lowest BCUT2D eigenvalue weighted by Crippen LogP contribution is -2.51. The summed E-state index contributed by atoms with van der Waals surface area (Å²) < 4.78 is 0.644. The highest BCUT2D eigenvalue weighted by molar-refractivity contribution is 8.01. The van der Waals surface area contributed by atoms with Gasteiger partial charge in [-0.25, -0.2) is 0 Å². The fraction of sp³-hybridized carbons (Fsp3) is 0.524. The Kier molecular flexibility index (Phi) is 5.92. The minimum atomic E-state index is -0.215. The molecule has 2 amide bonds. The number of halogens is 2. The molecule has 10 heteroatoms. The van der Waals surface area contributed by atoms with E-state index in [1.165, 1.54) is 42.4 Å². The first-order valence-corrected chi connectivity index (χ1v) is 13.0. The van der Waals surface area contributed by atoms with E-state index in [1.54, 1.807) is 18.2 Å². The van der Waals surface area contributed by atoms with E-state index in [-0.39, 0.29) is 23.0 Å². The van der Waals surface area contributed by atoms with Crippen LogP contribution >= 0.6 is 46.3 Å². The van der Waals surface area contributed by atoms with Crippen LogP contribution in [0.5, 0.6) is 0 Å². The second-order valence-corrected chi connectivity index (χ2v) is 12.0. The number of carbonyl (C=O) groups is 2. The molecule has 4 fully saturated rings. The zero-order chi connectivity index (χ0) is 21.6. The van der Waals surface area contributed by atoms with E-state index in [2.05, 4.69) is 20.8 Å². The molecule has 1 aromatic heterocycles. The Hall–Kier alpha value is -1.35. The Morgan fingerprint density at radius 3 is 2.35 bits per heavy atom. The number of thioether (sulfide) groups is 1. The van der Waals surface area contributed by atoms with Gasteiger partial charge in [-0.2, -0.15) is 0 Å². The summed E-state index contributed by atoms with van der Waals surface area (Å²) in [6.45, 7) is 0. The van der Waals surface area contributed by atoms with Gasteiger partial charge in [-0.3, -0.25) is 9.59 Å². The highest BCUT2D eigenvalue weighted by Gasteiger charge is 2.54. The molecule has 4 bridgehead atoms. The largest absolute Gasteiger partial charge is 0.325 e. The molecule has 0 spiro atoms. The van der Waals surface area contributed by atoms with Crippen LogP contribution in [0.1, 0.15) is 38.5 Å². The van der Waals surface area contributed by atoms with E-state index in [0.29, 0.717) is 43.0 Å². The topological polar surface area (TPSA) is 84.0 Å². The monoisotopic (exact) mass is 496 g/mol. The number of amides is 2. The number of anilines is 2. The normalized spacial score (nSPS) is 28.5. The smallest absolute Gasteiger partial charge is 0.234 e. The van der Waals surface area contributed by atoms with Crippen LogP contribution in [0.25, 0.3) is 0 Å². The third-order valence-corrected chi connectivity index (χ3v) is 9.39. The fourth-order valence-electron chi connectivity index (χ4n) is 5.84. The Balaban J connectivity index is 1.15. The number of hydrogen-bond acceptors (Lipinski definition) is 6. The van der Waals surface area contributed by atoms with Gasteiger partial charge in [-0.05, 0) is 74.5 Å². The Morgan fingerprint density at radius 1 is 1.03 bits per heavy atom. The summed E-state index contributed by atoms with van der Waals surface area (Å²) in [7, 11) is 0. The number of rotatable bonds is 6. The Labute approximate surface area is 198 Å². The predicted octanol–water partition coefficient (Wildman–Crippen LogP) is 5.73. The highest BCUT2D eigenvalue weighted by Crippen LogP contribution is 2.60. The third kappa shape index (κ3) is 4.58. The summed E-state index contributed by atoms with van der Waals surface area (Å²) in [6, 6.07) is 4.94. The van der Waals surface area contributed by atoms with Crippen molar-refractivity contribution in [3.05, 3.63) is 28.2 Å². The van der Waals surface area contributed by atoms with Gasteiger partial charge >= 0.3 is 0 Å². The van der Waals surface area contributed by atoms with Gasteiger partial charge in [-0.1, -0.05) is 46.3 Å². The summed E-state index contributed by atoms with van der Waals surface area (Å²) in [5, 5.41) is 15.4. The molecule has 6 rings (SSSR count). The summed E-state index contributed by atoms with van der Waals surface area (Å²) in [4.78, 5) is 25.3. The zero-order valence-electron chi connectivity index (χ0n) is 16.7. The van der Waals surface area contributed by atoms with Gasteiger partial charge in [0.15, 0.2) is 4.34 Å². The molecule has 164 valence electrons. The van der Waals surface area contributed by atoms with Gasteiger partial charge < -0.3 is 10.6 Å². The van der Waals surface area contributed by atoms with Crippen molar-refractivity contribution < 1.29 is 9.59 Å². The molecule has 6 nitrogen and oxygen atoms in total. The summed E-state index contributed by atoms with van der Waals surface area (Å²) >= 11 is 14.5.